The molecule has 0 bridgehead atoms. The highest BCUT2D eigenvalue weighted by molar-refractivity contribution is 7.13. The number of para-hydroxylation sites is 1. The molecule has 0 atom stereocenters. The fourth-order valence-electron chi connectivity index (χ4n) is 3.18. The topological polar surface area (TPSA) is 58.6 Å². The molecule has 0 aliphatic carbocycles. The lowest BCUT2D eigenvalue weighted by Gasteiger charge is -2.35. The molecule has 3 aromatic rings. The van der Waals surface area contributed by atoms with Crippen LogP contribution < -0.4 is 9.64 Å². The van der Waals surface area contributed by atoms with E-state index in [1.807, 2.05) is 65.7 Å². The summed E-state index contributed by atoms with van der Waals surface area (Å²) < 4.78 is 5.69. The van der Waals surface area contributed by atoms with Crippen molar-refractivity contribution in [2.24, 2.45) is 0 Å². The third kappa shape index (κ3) is 4.14. The van der Waals surface area contributed by atoms with Crippen molar-refractivity contribution < 1.29 is 9.53 Å². The van der Waals surface area contributed by atoms with Crippen LogP contribution in [0.3, 0.4) is 0 Å². The third-order valence-corrected chi connectivity index (χ3v) is 5.72. The molecule has 0 N–H and O–H groups in total. The maximum absolute atomic E-state index is 12.5. The maximum Gasteiger partial charge on any atom is 0.260 e. The molecule has 1 saturated heterocycles. The van der Waals surface area contributed by atoms with Gasteiger partial charge >= 0.3 is 0 Å². The number of nitrogens with zero attached hydrogens (tertiary/aromatic N) is 4. The first kappa shape index (κ1) is 18.4. The average Bonchev–Trinajstić information content (AvgIpc) is 3.28. The predicted octanol–water partition coefficient (Wildman–Crippen LogP) is 3.24. The van der Waals surface area contributed by atoms with Crippen LogP contribution in [0.2, 0.25) is 0 Å². The van der Waals surface area contributed by atoms with Gasteiger partial charge in [0.15, 0.2) is 12.4 Å². The summed E-state index contributed by atoms with van der Waals surface area (Å²) in [5, 5.41) is 10.7. The van der Waals surface area contributed by atoms with E-state index in [-0.39, 0.29) is 12.5 Å². The van der Waals surface area contributed by atoms with Crippen LogP contribution in [0.1, 0.15) is 5.56 Å². The summed E-state index contributed by atoms with van der Waals surface area (Å²) in [6.45, 7) is 4.84. The number of hydrogen-bond donors (Lipinski definition) is 0. The smallest absolute Gasteiger partial charge is 0.260 e. The van der Waals surface area contributed by atoms with E-state index in [1.165, 1.54) is 0 Å². The Morgan fingerprint density at radius 2 is 1.86 bits per heavy atom. The van der Waals surface area contributed by atoms with Crippen molar-refractivity contribution in [2.75, 3.05) is 37.7 Å². The van der Waals surface area contributed by atoms with Crippen LogP contribution in [0, 0.1) is 6.92 Å². The van der Waals surface area contributed by atoms with Crippen molar-refractivity contribution in [3.63, 3.8) is 0 Å². The third-order valence-electron chi connectivity index (χ3n) is 4.83. The highest BCUT2D eigenvalue weighted by Crippen LogP contribution is 2.23. The van der Waals surface area contributed by atoms with Gasteiger partial charge in [-0.15, -0.1) is 21.5 Å². The second-order valence-corrected chi connectivity index (χ2v) is 7.62. The summed E-state index contributed by atoms with van der Waals surface area (Å²) in [5.41, 5.74) is 1.92. The molecular weight excluding hydrogens is 372 g/mol. The predicted molar refractivity (Wildman–Crippen MR) is 111 cm³/mol. The Morgan fingerprint density at radius 1 is 1.04 bits per heavy atom. The van der Waals surface area contributed by atoms with Crippen LogP contribution in [-0.4, -0.2) is 53.8 Å². The first-order valence-electron chi connectivity index (χ1n) is 9.29. The second-order valence-electron chi connectivity index (χ2n) is 6.68. The number of anilines is 1. The Morgan fingerprint density at radius 3 is 2.54 bits per heavy atom. The van der Waals surface area contributed by atoms with Crippen molar-refractivity contribution in [3.05, 3.63) is 59.5 Å². The van der Waals surface area contributed by atoms with Crippen molar-refractivity contribution in [2.45, 2.75) is 6.92 Å². The normalized spacial score (nSPS) is 14.2. The molecule has 3 heterocycles. The van der Waals surface area contributed by atoms with Gasteiger partial charge in [-0.1, -0.05) is 24.3 Å². The molecule has 0 unspecified atom stereocenters. The summed E-state index contributed by atoms with van der Waals surface area (Å²) in [6, 6.07) is 15.8. The van der Waals surface area contributed by atoms with Gasteiger partial charge in [0.05, 0.1) is 4.88 Å². The van der Waals surface area contributed by atoms with Crippen molar-refractivity contribution in [1.29, 1.82) is 0 Å². The quantitative estimate of drug-likeness (QED) is 0.665. The lowest BCUT2D eigenvalue weighted by atomic mass is 10.2. The zero-order chi connectivity index (χ0) is 19.3. The van der Waals surface area contributed by atoms with Gasteiger partial charge in [-0.3, -0.25) is 4.79 Å². The van der Waals surface area contributed by atoms with Gasteiger partial charge in [0.25, 0.3) is 5.91 Å². The monoisotopic (exact) mass is 394 g/mol. The molecule has 1 fully saturated rings. The number of carbonyl (C=O) groups excluding carboxylic acids is 1. The molecular formula is C21H22N4O2S. The summed E-state index contributed by atoms with van der Waals surface area (Å²) in [7, 11) is 0. The summed E-state index contributed by atoms with van der Waals surface area (Å²) in [4.78, 5) is 17.6. The van der Waals surface area contributed by atoms with E-state index in [0.717, 1.165) is 40.8 Å². The molecule has 6 nitrogen and oxygen atoms in total. The number of ether oxygens (including phenoxy) is 1. The molecule has 1 amide bonds. The Kier molecular flexibility index (Phi) is 5.53. The Bertz CT molecular complexity index is 920. The van der Waals surface area contributed by atoms with E-state index in [0.29, 0.717) is 13.1 Å². The second kappa shape index (κ2) is 8.39. The minimum absolute atomic E-state index is 0.0158. The molecule has 4 rings (SSSR count). The molecule has 1 aliphatic rings. The van der Waals surface area contributed by atoms with Gasteiger partial charge in [-0.25, -0.2) is 0 Å². The standard InChI is InChI=1S/C21H22N4O2S/c1-16-5-2-3-6-18(16)27-15-21(26)25-12-10-24(11-13-25)20-9-8-17(22-23-20)19-7-4-14-28-19/h2-9,14H,10-13,15H2,1H3. The SMILES string of the molecule is Cc1ccccc1OCC(=O)N1CCN(c2ccc(-c3cccs3)nn2)CC1. The van der Waals surface area contributed by atoms with E-state index in [9.17, 15) is 4.79 Å². The van der Waals surface area contributed by atoms with Gasteiger partial charge in [0.2, 0.25) is 0 Å². The maximum atomic E-state index is 12.5. The van der Waals surface area contributed by atoms with E-state index in [2.05, 4.69) is 15.1 Å². The van der Waals surface area contributed by atoms with Crippen LogP contribution in [0.4, 0.5) is 5.82 Å². The lowest BCUT2D eigenvalue weighted by Crippen LogP contribution is -2.50. The number of hydrogen-bond acceptors (Lipinski definition) is 6. The summed E-state index contributed by atoms with van der Waals surface area (Å²) >= 11 is 1.65. The van der Waals surface area contributed by atoms with Crippen molar-refractivity contribution in [3.8, 4) is 16.3 Å². The van der Waals surface area contributed by atoms with E-state index in [4.69, 9.17) is 4.74 Å². The van der Waals surface area contributed by atoms with E-state index < -0.39 is 0 Å². The summed E-state index contributed by atoms with van der Waals surface area (Å²) in [6.07, 6.45) is 0. The van der Waals surface area contributed by atoms with Crippen LogP contribution in [0.5, 0.6) is 5.75 Å². The van der Waals surface area contributed by atoms with E-state index in [1.54, 1.807) is 11.3 Å². The van der Waals surface area contributed by atoms with Gasteiger partial charge in [-0.2, -0.15) is 0 Å². The first-order valence-corrected chi connectivity index (χ1v) is 10.2. The molecule has 0 spiro atoms. The number of carbonyl (C=O) groups is 1. The van der Waals surface area contributed by atoms with Gasteiger partial charge in [0.1, 0.15) is 11.4 Å². The zero-order valence-corrected chi connectivity index (χ0v) is 16.6. The van der Waals surface area contributed by atoms with Crippen LogP contribution >= 0.6 is 11.3 Å². The summed E-state index contributed by atoms with van der Waals surface area (Å²) in [5.74, 6) is 1.63. The number of aryl methyl sites for hydroxylation is 1. The number of thiophene rings is 1. The fraction of sp³-hybridized carbons (Fsp3) is 0.286. The Balaban J connectivity index is 1.29. The minimum atomic E-state index is 0.0158. The number of amides is 1. The van der Waals surface area contributed by atoms with Gasteiger partial charge < -0.3 is 14.5 Å². The highest BCUT2D eigenvalue weighted by Gasteiger charge is 2.22. The molecule has 144 valence electrons. The highest BCUT2D eigenvalue weighted by atomic mass is 32.1. The molecule has 0 radical (unpaired) electrons. The fourth-order valence-corrected chi connectivity index (χ4v) is 3.87. The van der Waals surface area contributed by atoms with Crippen LogP contribution in [-0.2, 0) is 4.79 Å². The molecule has 7 heteroatoms. The number of aromatic nitrogens is 2. The van der Waals surface area contributed by atoms with E-state index >= 15 is 0 Å². The minimum Gasteiger partial charge on any atom is -0.484 e. The Labute approximate surface area is 168 Å². The lowest BCUT2D eigenvalue weighted by molar-refractivity contribution is -0.133. The molecule has 1 aliphatic heterocycles. The molecule has 0 saturated carbocycles. The van der Waals surface area contributed by atoms with Gasteiger partial charge in [0, 0.05) is 26.2 Å². The number of benzene rings is 1. The molecule has 1 aromatic carbocycles. The van der Waals surface area contributed by atoms with Crippen LogP contribution in [0.25, 0.3) is 10.6 Å². The van der Waals surface area contributed by atoms with Crippen LogP contribution in [0.15, 0.2) is 53.9 Å². The first-order chi connectivity index (χ1) is 13.7. The van der Waals surface area contributed by atoms with Gasteiger partial charge in [-0.05, 0) is 42.1 Å². The molecule has 2 aromatic heterocycles. The zero-order valence-electron chi connectivity index (χ0n) is 15.7. The van der Waals surface area contributed by atoms with Crippen molar-refractivity contribution in [1.82, 2.24) is 15.1 Å². The average molecular weight is 395 g/mol. The largest absolute Gasteiger partial charge is 0.484 e. The molecule has 28 heavy (non-hydrogen) atoms. The van der Waals surface area contributed by atoms with Crippen molar-refractivity contribution >= 4 is 23.1 Å². The Hall–Kier alpha value is -2.93. The number of piperazine rings is 1. The number of rotatable bonds is 5.